The van der Waals surface area contributed by atoms with Gasteiger partial charge in [0.1, 0.15) is 11.8 Å². The molecule has 0 saturated heterocycles. The standard InChI is InChI=1S/C28H38N2O3/c1-5-25(28(32)29-24-9-7-6-8-10-24)30(18-23-14-11-20(2)12-15-23)27(31)19-33-26-16-13-21(3)17-22(26)4/h11-17,24-25H,5-10,18-19H2,1-4H3,(H,29,32)/t25-/m1/s1. The minimum atomic E-state index is -0.525. The minimum absolute atomic E-state index is 0.0589. The fourth-order valence-electron chi connectivity index (χ4n) is 4.54. The summed E-state index contributed by atoms with van der Waals surface area (Å²) in [7, 11) is 0. The molecule has 1 saturated carbocycles. The Hall–Kier alpha value is -2.82. The highest BCUT2D eigenvalue weighted by atomic mass is 16.5. The molecule has 0 radical (unpaired) electrons. The SMILES string of the molecule is CC[C@H](C(=O)NC1CCCCC1)N(Cc1ccc(C)cc1)C(=O)COc1ccc(C)cc1C. The zero-order chi connectivity index (χ0) is 23.8. The van der Waals surface area contributed by atoms with Gasteiger partial charge in [0.2, 0.25) is 5.91 Å². The van der Waals surface area contributed by atoms with Gasteiger partial charge < -0.3 is 15.0 Å². The van der Waals surface area contributed by atoms with E-state index in [2.05, 4.69) is 5.32 Å². The molecule has 0 spiro atoms. The van der Waals surface area contributed by atoms with E-state index in [9.17, 15) is 9.59 Å². The van der Waals surface area contributed by atoms with Crippen LogP contribution in [0.5, 0.6) is 5.75 Å². The number of hydrogen-bond donors (Lipinski definition) is 1. The molecule has 1 aliphatic rings. The summed E-state index contributed by atoms with van der Waals surface area (Å²) < 4.78 is 5.89. The summed E-state index contributed by atoms with van der Waals surface area (Å²) in [6.45, 7) is 8.29. The average molecular weight is 451 g/mol. The third kappa shape index (κ3) is 7.08. The highest BCUT2D eigenvalue weighted by Gasteiger charge is 2.30. The van der Waals surface area contributed by atoms with Gasteiger partial charge in [-0.1, -0.05) is 73.7 Å². The summed E-state index contributed by atoms with van der Waals surface area (Å²) in [4.78, 5) is 28.3. The van der Waals surface area contributed by atoms with Crippen LogP contribution in [0.15, 0.2) is 42.5 Å². The predicted octanol–water partition coefficient (Wildman–Crippen LogP) is 5.25. The summed E-state index contributed by atoms with van der Waals surface area (Å²) >= 11 is 0. The molecule has 1 aliphatic carbocycles. The van der Waals surface area contributed by atoms with Crippen molar-refractivity contribution in [1.29, 1.82) is 0 Å². The van der Waals surface area contributed by atoms with Crippen molar-refractivity contribution in [2.45, 2.75) is 84.8 Å². The lowest BCUT2D eigenvalue weighted by Crippen LogP contribution is -2.52. The van der Waals surface area contributed by atoms with E-state index in [-0.39, 0.29) is 24.5 Å². The number of aryl methyl sites for hydroxylation is 3. The molecule has 1 atom stereocenters. The first-order valence-corrected chi connectivity index (χ1v) is 12.2. The van der Waals surface area contributed by atoms with Crippen LogP contribution in [0, 0.1) is 20.8 Å². The number of rotatable bonds is 9. The minimum Gasteiger partial charge on any atom is -0.483 e. The highest BCUT2D eigenvalue weighted by molar-refractivity contribution is 5.88. The Morgan fingerprint density at radius 2 is 1.67 bits per heavy atom. The quantitative estimate of drug-likeness (QED) is 0.568. The van der Waals surface area contributed by atoms with Gasteiger partial charge in [0.05, 0.1) is 0 Å². The van der Waals surface area contributed by atoms with Gasteiger partial charge >= 0.3 is 0 Å². The Labute approximate surface area is 198 Å². The van der Waals surface area contributed by atoms with Crippen LogP contribution >= 0.6 is 0 Å². The molecule has 0 aliphatic heterocycles. The van der Waals surface area contributed by atoms with Gasteiger partial charge in [-0.15, -0.1) is 0 Å². The first-order valence-electron chi connectivity index (χ1n) is 12.2. The molecule has 3 rings (SSSR count). The molecule has 178 valence electrons. The van der Waals surface area contributed by atoms with E-state index in [1.165, 1.54) is 6.42 Å². The van der Waals surface area contributed by atoms with Crippen molar-refractivity contribution in [3.8, 4) is 5.75 Å². The van der Waals surface area contributed by atoms with Crippen molar-refractivity contribution >= 4 is 11.8 Å². The van der Waals surface area contributed by atoms with Crippen molar-refractivity contribution in [2.24, 2.45) is 0 Å². The largest absolute Gasteiger partial charge is 0.483 e. The number of carbonyl (C=O) groups is 2. The maximum absolute atomic E-state index is 13.4. The Kier molecular flexibility index (Phi) is 8.93. The zero-order valence-corrected chi connectivity index (χ0v) is 20.5. The molecule has 0 unspecified atom stereocenters. The molecule has 5 heteroatoms. The van der Waals surface area contributed by atoms with Crippen LogP contribution in [0.25, 0.3) is 0 Å². The summed E-state index contributed by atoms with van der Waals surface area (Å²) in [5.74, 6) is 0.460. The van der Waals surface area contributed by atoms with Gasteiger partial charge in [0, 0.05) is 12.6 Å². The van der Waals surface area contributed by atoms with Gasteiger partial charge in [-0.2, -0.15) is 0 Å². The fourth-order valence-corrected chi connectivity index (χ4v) is 4.54. The third-order valence-electron chi connectivity index (χ3n) is 6.49. The van der Waals surface area contributed by atoms with E-state index in [0.29, 0.717) is 18.7 Å². The maximum atomic E-state index is 13.4. The van der Waals surface area contributed by atoms with Crippen LogP contribution in [0.3, 0.4) is 0 Å². The van der Waals surface area contributed by atoms with Crippen molar-refractivity contribution < 1.29 is 14.3 Å². The third-order valence-corrected chi connectivity index (χ3v) is 6.49. The van der Waals surface area contributed by atoms with Crippen molar-refractivity contribution in [3.63, 3.8) is 0 Å². The number of ether oxygens (including phenoxy) is 1. The highest BCUT2D eigenvalue weighted by Crippen LogP contribution is 2.21. The number of amides is 2. The first-order chi connectivity index (χ1) is 15.9. The van der Waals surface area contributed by atoms with E-state index in [1.807, 2.05) is 70.2 Å². The van der Waals surface area contributed by atoms with Crippen LogP contribution in [-0.4, -0.2) is 35.4 Å². The monoisotopic (exact) mass is 450 g/mol. The van der Waals surface area contributed by atoms with E-state index < -0.39 is 6.04 Å². The molecule has 1 N–H and O–H groups in total. The number of nitrogens with zero attached hydrogens (tertiary/aromatic N) is 1. The molecular weight excluding hydrogens is 412 g/mol. The fraction of sp³-hybridized carbons (Fsp3) is 0.500. The summed E-state index contributed by atoms with van der Waals surface area (Å²) in [5.41, 5.74) is 4.31. The smallest absolute Gasteiger partial charge is 0.261 e. The molecule has 0 aromatic heterocycles. The molecule has 5 nitrogen and oxygen atoms in total. The van der Waals surface area contributed by atoms with Gasteiger partial charge in [0.15, 0.2) is 6.61 Å². The molecule has 1 fully saturated rings. The van der Waals surface area contributed by atoms with Crippen LogP contribution in [-0.2, 0) is 16.1 Å². The summed E-state index contributed by atoms with van der Waals surface area (Å²) in [6.07, 6.45) is 6.12. The maximum Gasteiger partial charge on any atom is 0.261 e. The van der Waals surface area contributed by atoms with Crippen molar-refractivity contribution in [2.75, 3.05) is 6.61 Å². The average Bonchev–Trinajstić information content (AvgIpc) is 2.80. The van der Waals surface area contributed by atoms with Gasteiger partial charge in [-0.25, -0.2) is 0 Å². The number of hydrogen-bond acceptors (Lipinski definition) is 3. The van der Waals surface area contributed by atoms with Crippen molar-refractivity contribution in [1.82, 2.24) is 10.2 Å². The molecule has 2 amide bonds. The number of nitrogens with one attached hydrogen (secondary N) is 1. The molecule has 0 bridgehead atoms. The van der Waals surface area contributed by atoms with E-state index >= 15 is 0 Å². The molecule has 2 aromatic rings. The summed E-state index contributed by atoms with van der Waals surface area (Å²) in [6, 6.07) is 13.7. The Morgan fingerprint density at radius 3 is 2.30 bits per heavy atom. The van der Waals surface area contributed by atoms with Crippen LogP contribution in [0.1, 0.15) is 67.7 Å². The second-order valence-electron chi connectivity index (χ2n) is 9.33. The van der Waals surface area contributed by atoms with E-state index in [0.717, 1.165) is 47.9 Å². The van der Waals surface area contributed by atoms with Crippen molar-refractivity contribution in [3.05, 3.63) is 64.7 Å². The van der Waals surface area contributed by atoms with Gasteiger partial charge in [-0.3, -0.25) is 9.59 Å². The predicted molar refractivity (Wildman–Crippen MR) is 132 cm³/mol. The lowest BCUT2D eigenvalue weighted by Gasteiger charge is -2.32. The molecular formula is C28H38N2O3. The van der Waals surface area contributed by atoms with Gasteiger partial charge in [0.25, 0.3) is 5.91 Å². The lowest BCUT2D eigenvalue weighted by atomic mass is 9.95. The Bertz CT molecular complexity index is 933. The number of carbonyl (C=O) groups excluding carboxylic acids is 2. The zero-order valence-electron chi connectivity index (χ0n) is 20.5. The first kappa shape index (κ1) is 24.8. The van der Waals surface area contributed by atoms with Crippen LogP contribution < -0.4 is 10.1 Å². The molecule has 2 aromatic carbocycles. The number of benzene rings is 2. The molecule has 33 heavy (non-hydrogen) atoms. The van der Waals surface area contributed by atoms with Crippen LogP contribution in [0.2, 0.25) is 0 Å². The van der Waals surface area contributed by atoms with E-state index in [1.54, 1.807) is 4.90 Å². The normalized spacial score (nSPS) is 15.0. The second-order valence-corrected chi connectivity index (χ2v) is 9.33. The van der Waals surface area contributed by atoms with Crippen LogP contribution in [0.4, 0.5) is 0 Å². The topological polar surface area (TPSA) is 58.6 Å². The molecule has 0 heterocycles. The van der Waals surface area contributed by atoms with Gasteiger partial charge in [-0.05, 0) is 57.2 Å². The Balaban J connectivity index is 1.76. The second kappa shape index (κ2) is 11.9. The summed E-state index contributed by atoms with van der Waals surface area (Å²) in [5, 5.41) is 3.22. The van der Waals surface area contributed by atoms with E-state index in [4.69, 9.17) is 4.74 Å². The Morgan fingerprint density at radius 1 is 1.00 bits per heavy atom. The lowest BCUT2D eigenvalue weighted by molar-refractivity contribution is -0.143.